The Morgan fingerprint density at radius 3 is 2.43 bits per heavy atom. The zero-order valence-corrected chi connectivity index (χ0v) is 12.3. The number of nitrogens with zero attached hydrogens (tertiary/aromatic N) is 4. The summed E-state index contributed by atoms with van der Waals surface area (Å²) < 4.78 is 0. The molecule has 4 nitrogen and oxygen atoms in total. The van der Waals surface area contributed by atoms with Crippen molar-refractivity contribution in [2.75, 3.05) is 36.0 Å². The van der Waals surface area contributed by atoms with E-state index in [1.54, 1.807) is 6.20 Å². The Kier molecular flexibility index (Phi) is 3.94. The van der Waals surface area contributed by atoms with E-state index in [1.165, 1.54) is 0 Å². The fraction of sp³-hybridized carbons (Fsp3) is 0.250. The normalized spacial score (nSPS) is 14.9. The Morgan fingerprint density at radius 2 is 1.71 bits per heavy atom. The summed E-state index contributed by atoms with van der Waals surface area (Å²) in [6, 6.07) is 13.7. The molecular formula is C16H15ClN4. The van der Waals surface area contributed by atoms with Gasteiger partial charge in [-0.15, -0.1) is 0 Å². The zero-order chi connectivity index (χ0) is 14.7. The minimum absolute atomic E-state index is 0.684. The lowest BCUT2D eigenvalue weighted by atomic mass is 10.1. The number of aromatic nitrogens is 1. The van der Waals surface area contributed by atoms with Crippen LogP contribution >= 0.6 is 11.6 Å². The molecule has 21 heavy (non-hydrogen) atoms. The van der Waals surface area contributed by atoms with E-state index < -0.39 is 0 Å². The van der Waals surface area contributed by atoms with Crippen LogP contribution in [0.4, 0.5) is 11.5 Å². The van der Waals surface area contributed by atoms with Gasteiger partial charge in [-0.25, -0.2) is 4.98 Å². The van der Waals surface area contributed by atoms with Crippen LogP contribution in [0.2, 0.25) is 5.02 Å². The van der Waals surface area contributed by atoms with Crippen LogP contribution in [0.1, 0.15) is 5.56 Å². The summed E-state index contributed by atoms with van der Waals surface area (Å²) >= 11 is 6.20. The number of hydrogen-bond acceptors (Lipinski definition) is 4. The SMILES string of the molecule is N#Cc1ccccc1N1CCN(c2ncccc2Cl)CC1. The second-order valence-electron chi connectivity index (χ2n) is 4.91. The van der Waals surface area contributed by atoms with Gasteiger partial charge in [-0.1, -0.05) is 23.7 Å². The van der Waals surface area contributed by atoms with Crippen LogP contribution in [-0.4, -0.2) is 31.2 Å². The van der Waals surface area contributed by atoms with Gasteiger partial charge in [0.2, 0.25) is 0 Å². The lowest BCUT2D eigenvalue weighted by Gasteiger charge is -2.37. The van der Waals surface area contributed by atoms with Crippen molar-refractivity contribution in [2.45, 2.75) is 0 Å². The number of hydrogen-bond donors (Lipinski definition) is 0. The smallest absolute Gasteiger partial charge is 0.147 e. The summed E-state index contributed by atoms with van der Waals surface area (Å²) in [5.74, 6) is 0.840. The third kappa shape index (κ3) is 2.79. The molecule has 106 valence electrons. The van der Waals surface area contributed by atoms with E-state index >= 15 is 0 Å². The first-order valence-corrected chi connectivity index (χ1v) is 7.27. The molecule has 0 atom stereocenters. The predicted octanol–water partition coefficient (Wildman–Crippen LogP) is 2.93. The number of para-hydroxylation sites is 1. The zero-order valence-electron chi connectivity index (χ0n) is 11.5. The average Bonchev–Trinajstić information content (AvgIpc) is 2.55. The first-order chi connectivity index (χ1) is 10.3. The van der Waals surface area contributed by atoms with Gasteiger partial charge in [0.05, 0.1) is 16.3 Å². The summed E-state index contributed by atoms with van der Waals surface area (Å²) in [5, 5.41) is 9.88. The lowest BCUT2D eigenvalue weighted by molar-refractivity contribution is 0.647. The van der Waals surface area contributed by atoms with Gasteiger partial charge in [0.25, 0.3) is 0 Å². The minimum atomic E-state index is 0.684. The summed E-state index contributed by atoms with van der Waals surface area (Å²) in [7, 11) is 0. The number of benzene rings is 1. The predicted molar refractivity (Wildman–Crippen MR) is 84.8 cm³/mol. The average molecular weight is 299 g/mol. The van der Waals surface area contributed by atoms with Crippen molar-refractivity contribution in [2.24, 2.45) is 0 Å². The molecule has 5 heteroatoms. The van der Waals surface area contributed by atoms with Gasteiger partial charge in [-0.3, -0.25) is 0 Å². The molecule has 0 aliphatic carbocycles. The molecule has 1 aliphatic heterocycles. The fourth-order valence-electron chi connectivity index (χ4n) is 2.61. The quantitative estimate of drug-likeness (QED) is 0.855. The van der Waals surface area contributed by atoms with Crippen molar-refractivity contribution in [3.63, 3.8) is 0 Å². The molecule has 1 aliphatic rings. The Balaban J connectivity index is 1.74. The molecule has 1 saturated heterocycles. The number of piperazine rings is 1. The van der Waals surface area contributed by atoms with Crippen molar-refractivity contribution < 1.29 is 0 Å². The van der Waals surface area contributed by atoms with E-state index in [1.807, 2.05) is 36.4 Å². The number of halogens is 1. The maximum Gasteiger partial charge on any atom is 0.147 e. The van der Waals surface area contributed by atoms with Crippen molar-refractivity contribution in [1.29, 1.82) is 5.26 Å². The number of rotatable bonds is 2. The highest BCUT2D eigenvalue weighted by Crippen LogP contribution is 2.26. The largest absolute Gasteiger partial charge is 0.367 e. The van der Waals surface area contributed by atoms with E-state index in [9.17, 15) is 5.26 Å². The highest BCUT2D eigenvalue weighted by Gasteiger charge is 2.21. The number of nitriles is 1. The van der Waals surface area contributed by atoms with Gasteiger partial charge in [-0.05, 0) is 24.3 Å². The van der Waals surface area contributed by atoms with Crippen molar-refractivity contribution in [1.82, 2.24) is 4.98 Å². The number of pyridine rings is 1. The third-order valence-corrected chi connectivity index (χ3v) is 3.98. The molecule has 1 fully saturated rings. The molecule has 1 aromatic heterocycles. The Bertz CT molecular complexity index is 672. The monoisotopic (exact) mass is 298 g/mol. The van der Waals surface area contributed by atoms with Crippen molar-refractivity contribution in [3.8, 4) is 6.07 Å². The van der Waals surface area contributed by atoms with Crippen LogP contribution in [0.3, 0.4) is 0 Å². The Morgan fingerprint density at radius 1 is 1.00 bits per heavy atom. The molecule has 0 spiro atoms. The van der Waals surface area contributed by atoms with Gasteiger partial charge in [0, 0.05) is 32.4 Å². The molecule has 0 amide bonds. The van der Waals surface area contributed by atoms with E-state index in [0.717, 1.165) is 43.2 Å². The van der Waals surface area contributed by atoms with Crippen LogP contribution in [0.5, 0.6) is 0 Å². The number of anilines is 2. The molecule has 2 aromatic rings. The van der Waals surface area contributed by atoms with Crippen LogP contribution in [0, 0.1) is 11.3 Å². The van der Waals surface area contributed by atoms with Gasteiger partial charge in [-0.2, -0.15) is 5.26 Å². The Hall–Kier alpha value is -2.25. The summed E-state index contributed by atoms with van der Waals surface area (Å²) in [5.41, 5.74) is 1.73. The third-order valence-electron chi connectivity index (χ3n) is 3.68. The highest BCUT2D eigenvalue weighted by molar-refractivity contribution is 6.32. The van der Waals surface area contributed by atoms with E-state index in [4.69, 9.17) is 11.6 Å². The van der Waals surface area contributed by atoms with Gasteiger partial charge < -0.3 is 9.80 Å². The maximum atomic E-state index is 9.20. The molecule has 3 rings (SSSR count). The highest BCUT2D eigenvalue weighted by atomic mass is 35.5. The fourth-order valence-corrected chi connectivity index (χ4v) is 2.85. The summed E-state index contributed by atoms with van der Waals surface area (Å²) in [6.07, 6.45) is 1.76. The van der Waals surface area contributed by atoms with E-state index in [0.29, 0.717) is 5.02 Å². The minimum Gasteiger partial charge on any atom is -0.367 e. The molecule has 2 heterocycles. The van der Waals surface area contributed by atoms with Gasteiger partial charge >= 0.3 is 0 Å². The molecule has 0 radical (unpaired) electrons. The molecule has 0 unspecified atom stereocenters. The second kappa shape index (κ2) is 6.02. The van der Waals surface area contributed by atoms with Crippen molar-refractivity contribution >= 4 is 23.1 Å². The van der Waals surface area contributed by atoms with Crippen LogP contribution < -0.4 is 9.80 Å². The van der Waals surface area contributed by atoms with Gasteiger partial charge in [0.15, 0.2) is 0 Å². The maximum absolute atomic E-state index is 9.20. The van der Waals surface area contributed by atoms with E-state index in [-0.39, 0.29) is 0 Å². The van der Waals surface area contributed by atoms with E-state index in [2.05, 4.69) is 20.9 Å². The van der Waals surface area contributed by atoms with Crippen molar-refractivity contribution in [3.05, 3.63) is 53.2 Å². The first-order valence-electron chi connectivity index (χ1n) is 6.89. The van der Waals surface area contributed by atoms with Crippen LogP contribution in [0.25, 0.3) is 0 Å². The molecule has 1 aromatic carbocycles. The summed E-state index contributed by atoms with van der Waals surface area (Å²) in [4.78, 5) is 8.79. The topological polar surface area (TPSA) is 43.2 Å². The lowest BCUT2D eigenvalue weighted by Crippen LogP contribution is -2.47. The molecule has 0 bridgehead atoms. The molecule has 0 N–H and O–H groups in total. The Labute approximate surface area is 129 Å². The van der Waals surface area contributed by atoms with Crippen LogP contribution in [-0.2, 0) is 0 Å². The summed E-state index contributed by atoms with van der Waals surface area (Å²) in [6.45, 7) is 3.39. The molecular weight excluding hydrogens is 284 g/mol. The van der Waals surface area contributed by atoms with Gasteiger partial charge in [0.1, 0.15) is 11.9 Å². The molecule has 0 saturated carbocycles. The first kappa shape index (κ1) is 13.7. The standard InChI is InChI=1S/C16H15ClN4/c17-14-5-3-7-19-16(14)21-10-8-20(9-11-21)15-6-2-1-4-13(15)12-18/h1-7H,8-11H2. The van der Waals surface area contributed by atoms with Crippen LogP contribution in [0.15, 0.2) is 42.6 Å². The second-order valence-corrected chi connectivity index (χ2v) is 5.32.